The monoisotopic (exact) mass is 346 g/mol. The lowest BCUT2D eigenvalue weighted by Crippen LogP contribution is -2.19. The molecule has 6 unspecified atom stereocenters. The maximum absolute atomic E-state index is 14.7. The molecule has 134 valence electrons. The van der Waals surface area contributed by atoms with Gasteiger partial charge in [-0.1, -0.05) is 13.3 Å². The molecule has 24 heavy (non-hydrogen) atoms. The number of hydrogen-bond acceptors (Lipinski definition) is 0. The number of hydrogen-bond donors (Lipinski definition) is 0. The Morgan fingerprint density at radius 1 is 0.917 bits per heavy atom. The van der Waals surface area contributed by atoms with E-state index in [1.807, 2.05) is 6.92 Å². The highest BCUT2D eigenvalue weighted by molar-refractivity contribution is 5.25. The summed E-state index contributed by atoms with van der Waals surface area (Å²) in [5, 5.41) is 0. The van der Waals surface area contributed by atoms with Crippen molar-refractivity contribution in [3.63, 3.8) is 0 Å². The minimum atomic E-state index is -1.49. The van der Waals surface area contributed by atoms with Gasteiger partial charge in [-0.2, -0.15) is 0 Å². The quantitative estimate of drug-likeness (QED) is 0.458. The highest BCUT2D eigenvalue weighted by Gasteiger charge is 2.45. The molecule has 0 aliphatic heterocycles. The van der Waals surface area contributed by atoms with Crippen molar-refractivity contribution >= 4 is 0 Å². The molecule has 0 nitrogen and oxygen atoms in total. The van der Waals surface area contributed by atoms with Crippen LogP contribution in [0.4, 0.5) is 22.0 Å². The first-order valence-corrected chi connectivity index (χ1v) is 8.83. The van der Waals surface area contributed by atoms with Gasteiger partial charge < -0.3 is 0 Å². The number of fused-ring (bicyclic) bond motifs is 1. The molecule has 0 radical (unpaired) electrons. The Labute approximate surface area is 139 Å². The first-order valence-electron chi connectivity index (χ1n) is 8.83. The van der Waals surface area contributed by atoms with Crippen molar-refractivity contribution in [1.82, 2.24) is 0 Å². The summed E-state index contributed by atoms with van der Waals surface area (Å²) in [5.74, 6) is -4.78. The van der Waals surface area contributed by atoms with Crippen LogP contribution in [0.3, 0.4) is 0 Å². The fourth-order valence-electron chi connectivity index (χ4n) is 4.72. The Kier molecular flexibility index (Phi) is 5.16. The molecular weight excluding hydrogens is 323 g/mol. The van der Waals surface area contributed by atoms with Crippen LogP contribution in [-0.2, 0) is 0 Å². The molecule has 1 aromatic rings. The lowest BCUT2D eigenvalue weighted by molar-refractivity contribution is 0.162. The molecule has 0 bridgehead atoms. The second-order valence-corrected chi connectivity index (χ2v) is 7.44. The van der Waals surface area contributed by atoms with Gasteiger partial charge in [0, 0.05) is 0 Å². The van der Waals surface area contributed by atoms with Gasteiger partial charge >= 0.3 is 0 Å². The van der Waals surface area contributed by atoms with Gasteiger partial charge in [-0.05, 0) is 73.5 Å². The van der Waals surface area contributed by atoms with E-state index in [0.717, 1.165) is 18.6 Å². The van der Waals surface area contributed by atoms with Crippen LogP contribution >= 0.6 is 0 Å². The van der Waals surface area contributed by atoms with E-state index in [9.17, 15) is 22.0 Å². The number of rotatable bonds is 3. The van der Waals surface area contributed by atoms with Gasteiger partial charge in [0.05, 0.1) is 0 Å². The standard InChI is InChI=1S/C19H23F5/c1-2-3-10-6-16(21)14-5-11(4-13(14)9-15(10)20)12-7-17(22)19(24)18(23)8-12/h7-8,10-11,13-16H,2-6,9H2,1H3. The first-order chi connectivity index (χ1) is 11.4. The highest BCUT2D eigenvalue weighted by atomic mass is 19.2. The molecule has 0 heterocycles. The van der Waals surface area contributed by atoms with Crippen LogP contribution in [0.2, 0.25) is 0 Å². The Morgan fingerprint density at radius 3 is 2.21 bits per heavy atom. The zero-order valence-electron chi connectivity index (χ0n) is 13.8. The van der Waals surface area contributed by atoms with Crippen molar-refractivity contribution in [2.45, 2.75) is 63.7 Å². The summed E-state index contributed by atoms with van der Waals surface area (Å²) >= 11 is 0. The van der Waals surface area contributed by atoms with E-state index in [2.05, 4.69) is 0 Å². The lowest BCUT2D eigenvalue weighted by Gasteiger charge is -2.20. The molecule has 6 atom stereocenters. The van der Waals surface area contributed by atoms with E-state index in [4.69, 9.17) is 0 Å². The fraction of sp³-hybridized carbons (Fsp3) is 0.684. The molecule has 2 fully saturated rings. The Morgan fingerprint density at radius 2 is 1.58 bits per heavy atom. The largest absolute Gasteiger partial charge is 0.247 e. The van der Waals surface area contributed by atoms with Crippen LogP contribution in [0.1, 0.15) is 56.9 Å². The van der Waals surface area contributed by atoms with Crippen LogP contribution < -0.4 is 0 Å². The fourth-order valence-corrected chi connectivity index (χ4v) is 4.72. The summed E-state index contributed by atoms with van der Waals surface area (Å²) in [5.41, 5.74) is 0.354. The second-order valence-electron chi connectivity index (χ2n) is 7.44. The average molecular weight is 346 g/mol. The number of halogens is 5. The summed E-state index contributed by atoms with van der Waals surface area (Å²) in [6.45, 7) is 1.97. The van der Waals surface area contributed by atoms with Gasteiger partial charge in [-0.3, -0.25) is 0 Å². The summed E-state index contributed by atoms with van der Waals surface area (Å²) in [6, 6.07) is 1.99. The third kappa shape index (κ3) is 3.31. The Bertz CT molecular complexity index is 564. The van der Waals surface area contributed by atoms with Crippen molar-refractivity contribution in [1.29, 1.82) is 0 Å². The third-order valence-electron chi connectivity index (χ3n) is 5.92. The lowest BCUT2D eigenvalue weighted by atomic mass is 9.89. The smallest absolute Gasteiger partial charge is 0.194 e. The Hall–Kier alpha value is -1.13. The zero-order chi connectivity index (χ0) is 17.4. The molecule has 0 saturated heterocycles. The predicted octanol–water partition coefficient (Wildman–Crippen LogP) is 6.10. The van der Waals surface area contributed by atoms with Gasteiger partial charge in [0.15, 0.2) is 17.5 Å². The van der Waals surface area contributed by atoms with E-state index in [-0.39, 0.29) is 30.1 Å². The maximum atomic E-state index is 14.7. The molecule has 0 amide bonds. The maximum Gasteiger partial charge on any atom is 0.194 e. The topological polar surface area (TPSA) is 0 Å². The average Bonchev–Trinajstić information content (AvgIpc) is 2.91. The van der Waals surface area contributed by atoms with Crippen LogP contribution in [0.25, 0.3) is 0 Å². The van der Waals surface area contributed by atoms with Gasteiger partial charge in [0.25, 0.3) is 0 Å². The number of alkyl halides is 2. The molecule has 5 heteroatoms. The van der Waals surface area contributed by atoms with Crippen molar-refractivity contribution in [3.05, 3.63) is 35.1 Å². The van der Waals surface area contributed by atoms with E-state index in [1.54, 1.807) is 0 Å². The normalized spacial score (nSPS) is 36.4. The van der Waals surface area contributed by atoms with E-state index >= 15 is 0 Å². The van der Waals surface area contributed by atoms with Gasteiger partial charge in [-0.15, -0.1) is 0 Å². The SMILES string of the molecule is CCCC1CC(F)C2CC(c3cc(F)c(F)c(F)c3)CC2CC1F. The van der Waals surface area contributed by atoms with Crippen LogP contribution in [0, 0.1) is 35.2 Å². The summed E-state index contributed by atoms with van der Waals surface area (Å²) < 4.78 is 69.2. The minimum Gasteiger partial charge on any atom is -0.247 e. The van der Waals surface area contributed by atoms with Crippen molar-refractivity contribution in [3.8, 4) is 0 Å². The van der Waals surface area contributed by atoms with Crippen molar-refractivity contribution in [2.75, 3.05) is 0 Å². The van der Waals surface area contributed by atoms with Crippen molar-refractivity contribution in [2.24, 2.45) is 17.8 Å². The second kappa shape index (κ2) is 7.01. The molecule has 1 aromatic carbocycles. The van der Waals surface area contributed by atoms with E-state index in [1.165, 1.54) is 0 Å². The van der Waals surface area contributed by atoms with Gasteiger partial charge in [0.2, 0.25) is 0 Å². The first kappa shape index (κ1) is 17.7. The molecular formula is C19H23F5. The van der Waals surface area contributed by atoms with Crippen LogP contribution in [-0.4, -0.2) is 12.3 Å². The Balaban J connectivity index is 1.78. The van der Waals surface area contributed by atoms with E-state index < -0.39 is 29.8 Å². The number of benzene rings is 1. The van der Waals surface area contributed by atoms with Crippen LogP contribution in [0.15, 0.2) is 12.1 Å². The highest BCUT2D eigenvalue weighted by Crippen LogP contribution is 2.51. The molecule has 3 rings (SSSR count). The molecule has 2 aliphatic rings. The van der Waals surface area contributed by atoms with Crippen molar-refractivity contribution < 1.29 is 22.0 Å². The molecule has 0 aromatic heterocycles. The molecule has 2 aliphatic carbocycles. The predicted molar refractivity (Wildman–Crippen MR) is 82.7 cm³/mol. The molecule has 2 saturated carbocycles. The zero-order valence-corrected chi connectivity index (χ0v) is 13.8. The third-order valence-corrected chi connectivity index (χ3v) is 5.92. The summed E-state index contributed by atoms with van der Waals surface area (Å²) in [4.78, 5) is 0. The minimum absolute atomic E-state index is 0.113. The molecule has 0 spiro atoms. The van der Waals surface area contributed by atoms with E-state index in [0.29, 0.717) is 31.2 Å². The summed E-state index contributed by atoms with van der Waals surface area (Å²) in [6.07, 6.45) is 0.943. The summed E-state index contributed by atoms with van der Waals surface area (Å²) in [7, 11) is 0. The van der Waals surface area contributed by atoms with Gasteiger partial charge in [0.1, 0.15) is 12.3 Å². The molecule has 0 N–H and O–H groups in total. The van der Waals surface area contributed by atoms with Crippen LogP contribution in [0.5, 0.6) is 0 Å². The van der Waals surface area contributed by atoms with Gasteiger partial charge in [-0.25, -0.2) is 22.0 Å².